The summed E-state index contributed by atoms with van der Waals surface area (Å²) in [6.07, 6.45) is 1.12. The van der Waals surface area contributed by atoms with Gasteiger partial charge in [0.25, 0.3) is 0 Å². The third kappa shape index (κ3) is 1.75. The summed E-state index contributed by atoms with van der Waals surface area (Å²) in [7, 11) is 2.07. The minimum atomic E-state index is 1.01. The Morgan fingerprint density at radius 1 is 1.20 bits per heavy atom. The number of fused-ring (bicyclic) bond motifs is 2. The lowest BCUT2D eigenvalue weighted by atomic mass is 10.1. The first-order chi connectivity index (χ1) is 9.72. The van der Waals surface area contributed by atoms with Gasteiger partial charge in [0, 0.05) is 29.3 Å². The minimum absolute atomic E-state index is 1.01. The van der Waals surface area contributed by atoms with Gasteiger partial charge in [-0.1, -0.05) is 28.1 Å². The van der Waals surface area contributed by atoms with Gasteiger partial charge < -0.3 is 9.88 Å². The van der Waals surface area contributed by atoms with Crippen molar-refractivity contribution >= 4 is 32.7 Å². The third-order valence-electron chi connectivity index (χ3n) is 3.92. The van der Waals surface area contributed by atoms with E-state index in [1.165, 1.54) is 11.3 Å². The standard InChI is InChI=1S/C16H14BrN3/c1-20-15-5-4-12(17)9-14(15)19-16(20)11-3-2-10-6-7-18-13(10)8-11/h2-5,8-9,18H,6-7H2,1H3. The summed E-state index contributed by atoms with van der Waals surface area (Å²) in [5.41, 5.74) is 5.97. The normalized spacial score (nSPS) is 13.5. The molecule has 0 radical (unpaired) electrons. The highest BCUT2D eigenvalue weighted by Crippen LogP contribution is 2.30. The second kappa shape index (κ2) is 4.35. The van der Waals surface area contributed by atoms with E-state index in [9.17, 15) is 0 Å². The Morgan fingerprint density at radius 3 is 3.00 bits per heavy atom. The predicted octanol–water partition coefficient (Wildman–Crippen LogP) is 3.97. The first-order valence-electron chi connectivity index (χ1n) is 6.71. The average molecular weight is 328 g/mol. The van der Waals surface area contributed by atoms with E-state index in [1.54, 1.807) is 0 Å². The molecule has 0 bridgehead atoms. The highest BCUT2D eigenvalue weighted by Gasteiger charge is 2.14. The zero-order chi connectivity index (χ0) is 13.7. The number of aromatic nitrogens is 2. The van der Waals surface area contributed by atoms with Crippen LogP contribution in [0.5, 0.6) is 0 Å². The van der Waals surface area contributed by atoms with Gasteiger partial charge in [0.1, 0.15) is 5.82 Å². The van der Waals surface area contributed by atoms with Gasteiger partial charge in [-0.3, -0.25) is 0 Å². The summed E-state index contributed by atoms with van der Waals surface area (Å²) in [4.78, 5) is 4.77. The van der Waals surface area contributed by atoms with Crippen LogP contribution in [0.4, 0.5) is 5.69 Å². The van der Waals surface area contributed by atoms with Crippen LogP contribution in [0.1, 0.15) is 5.56 Å². The summed E-state index contributed by atoms with van der Waals surface area (Å²) in [6, 6.07) is 12.8. The summed E-state index contributed by atoms with van der Waals surface area (Å²) in [6.45, 7) is 1.04. The maximum atomic E-state index is 4.77. The van der Waals surface area contributed by atoms with Crippen LogP contribution in [0.15, 0.2) is 40.9 Å². The van der Waals surface area contributed by atoms with Crippen LogP contribution in [-0.4, -0.2) is 16.1 Å². The average Bonchev–Trinajstić information content (AvgIpc) is 3.02. The number of aryl methyl sites for hydroxylation is 1. The first kappa shape index (κ1) is 12.0. The Balaban J connectivity index is 1.91. The van der Waals surface area contributed by atoms with Crippen LogP contribution < -0.4 is 5.32 Å². The molecule has 3 nitrogen and oxygen atoms in total. The summed E-state index contributed by atoms with van der Waals surface area (Å²) in [5, 5.41) is 3.43. The van der Waals surface area contributed by atoms with Crippen LogP contribution in [0.3, 0.4) is 0 Å². The molecule has 0 saturated heterocycles. The third-order valence-corrected chi connectivity index (χ3v) is 4.41. The van der Waals surface area contributed by atoms with E-state index in [2.05, 4.69) is 69.3 Å². The van der Waals surface area contributed by atoms with Gasteiger partial charge in [-0.2, -0.15) is 0 Å². The lowest BCUT2D eigenvalue weighted by Gasteiger charge is -2.05. The molecule has 20 heavy (non-hydrogen) atoms. The number of hydrogen-bond acceptors (Lipinski definition) is 2. The van der Waals surface area contributed by atoms with E-state index in [4.69, 9.17) is 4.98 Å². The van der Waals surface area contributed by atoms with E-state index in [0.29, 0.717) is 0 Å². The van der Waals surface area contributed by atoms with Gasteiger partial charge in [0.05, 0.1) is 11.0 Å². The van der Waals surface area contributed by atoms with E-state index < -0.39 is 0 Å². The Labute approximate surface area is 125 Å². The Hall–Kier alpha value is -1.81. The Morgan fingerprint density at radius 2 is 2.10 bits per heavy atom. The SMILES string of the molecule is Cn1c(-c2ccc3c(c2)NCC3)nc2cc(Br)ccc21. The van der Waals surface area contributed by atoms with Crippen molar-refractivity contribution in [3.05, 3.63) is 46.4 Å². The van der Waals surface area contributed by atoms with Crippen molar-refractivity contribution in [3.63, 3.8) is 0 Å². The molecule has 1 aromatic heterocycles. The quantitative estimate of drug-likeness (QED) is 0.732. The fourth-order valence-electron chi connectivity index (χ4n) is 2.86. The molecular formula is C16H14BrN3. The van der Waals surface area contributed by atoms with Crippen molar-refractivity contribution in [2.45, 2.75) is 6.42 Å². The van der Waals surface area contributed by atoms with Crippen LogP contribution >= 0.6 is 15.9 Å². The Kier molecular flexibility index (Phi) is 2.60. The fraction of sp³-hybridized carbons (Fsp3) is 0.188. The van der Waals surface area contributed by atoms with Gasteiger partial charge in [0.15, 0.2) is 0 Å². The van der Waals surface area contributed by atoms with E-state index in [1.807, 2.05) is 0 Å². The molecule has 4 rings (SSSR count). The minimum Gasteiger partial charge on any atom is -0.384 e. The lowest BCUT2D eigenvalue weighted by Crippen LogP contribution is -1.94. The maximum Gasteiger partial charge on any atom is 0.140 e. The smallest absolute Gasteiger partial charge is 0.140 e. The number of anilines is 1. The molecule has 0 fully saturated rings. The molecule has 0 amide bonds. The number of hydrogen-bond donors (Lipinski definition) is 1. The molecule has 3 aromatic rings. The molecule has 0 atom stereocenters. The summed E-state index contributed by atoms with van der Waals surface area (Å²) in [5.74, 6) is 1.01. The maximum absolute atomic E-state index is 4.77. The number of nitrogens with zero attached hydrogens (tertiary/aromatic N) is 2. The predicted molar refractivity (Wildman–Crippen MR) is 86.0 cm³/mol. The van der Waals surface area contributed by atoms with E-state index in [-0.39, 0.29) is 0 Å². The highest BCUT2D eigenvalue weighted by molar-refractivity contribution is 9.10. The van der Waals surface area contributed by atoms with Crippen LogP contribution in [0.25, 0.3) is 22.4 Å². The van der Waals surface area contributed by atoms with Crippen LogP contribution in [0.2, 0.25) is 0 Å². The van der Waals surface area contributed by atoms with Crippen molar-refractivity contribution in [3.8, 4) is 11.4 Å². The van der Waals surface area contributed by atoms with E-state index >= 15 is 0 Å². The molecule has 0 unspecified atom stereocenters. The number of benzene rings is 2. The molecule has 100 valence electrons. The van der Waals surface area contributed by atoms with Crippen LogP contribution in [0, 0.1) is 0 Å². The highest BCUT2D eigenvalue weighted by atomic mass is 79.9. The van der Waals surface area contributed by atoms with Crippen LogP contribution in [-0.2, 0) is 13.5 Å². The molecule has 1 aliphatic heterocycles. The van der Waals surface area contributed by atoms with Crippen molar-refractivity contribution in [1.29, 1.82) is 0 Å². The molecule has 0 saturated carbocycles. The van der Waals surface area contributed by atoms with Crippen molar-refractivity contribution < 1.29 is 0 Å². The van der Waals surface area contributed by atoms with Gasteiger partial charge in [-0.25, -0.2) is 4.98 Å². The fourth-order valence-corrected chi connectivity index (χ4v) is 3.21. The molecule has 2 aromatic carbocycles. The molecule has 1 N–H and O–H groups in total. The van der Waals surface area contributed by atoms with Crippen molar-refractivity contribution in [2.75, 3.05) is 11.9 Å². The summed E-state index contributed by atoms with van der Waals surface area (Å²) < 4.78 is 3.21. The van der Waals surface area contributed by atoms with E-state index in [0.717, 1.165) is 39.9 Å². The molecule has 1 aliphatic rings. The number of imidazole rings is 1. The largest absolute Gasteiger partial charge is 0.384 e. The number of nitrogens with one attached hydrogen (secondary N) is 1. The molecule has 4 heteroatoms. The topological polar surface area (TPSA) is 29.9 Å². The van der Waals surface area contributed by atoms with Crippen molar-refractivity contribution in [1.82, 2.24) is 9.55 Å². The van der Waals surface area contributed by atoms with Gasteiger partial charge in [-0.05, 0) is 36.2 Å². The summed E-state index contributed by atoms with van der Waals surface area (Å²) >= 11 is 3.50. The second-order valence-corrected chi connectivity index (χ2v) is 6.09. The zero-order valence-electron chi connectivity index (χ0n) is 11.2. The molecule has 0 spiro atoms. The van der Waals surface area contributed by atoms with Crippen molar-refractivity contribution in [2.24, 2.45) is 7.05 Å². The number of rotatable bonds is 1. The Bertz CT molecular complexity index is 820. The van der Waals surface area contributed by atoms with Gasteiger partial charge in [-0.15, -0.1) is 0 Å². The first-order valence-corrected chi connectivity index (χ1v) is 7.51. The molecule has 2 heterocycles. The molecule has 0 aliphatic carbocycles. The molecular weight excluding hydrogens is 314 g/mol. The second-order valence-electron chi connectivity index (χ2n) is 5.18. The lowest BCUT2D eigenvalue weighted by molar-refractivity contribution is 0.959. The monoisotopic (exact) mass is 327 g/mol. The van der Waals surface area contributed by atoms with Gasteiger partial charge >= 0.3 is 0 Å². The van der Waals surface area contributed by atoms with Gasteiger partial charge in [0.2, 0.25) is 0 Å². The number of halogens is 1. The zero-order valence-corrected chi connectivity index (χ0v) is 12.7.